The highest BCUT2D eigenvalue weighted by molar-refractivity contribution is 7.99. The molecule has 0 aliphatic carbocycles. The van der Waals surface area contributed by atoms with Gasteiger partial charge in [-0.25, -0.2) is 4.39 Å². The summed E-state index contributed by atoms with van der Waals surface area (Å²) >= 11 is 1.50. The first-order chi connectivity index (χ1) is 8.60. The highest BCUT2D eigenvalue weighted by Crippen LogP contribution is 2.33. The SMILES string of the molecule is Cc1ccc(C)c(Sc2ccc(F)cc2C#N)c1. The van der Waals surface area contributed by atoms with Gasteiger partial charge in [0.25, 0.3) is 0 Å². The Labute approximate surface area is 110 Å². The first-order valence-corrected chi connectivity index (χ1v) is 6.36. The number of benzene rings is 2. The van der Waals surface area contributed by atoms with Gasteiger partial charge in [0.1, 0.15) is 11.9 Å². The molecule has 0 heterocycles. The molecule has 2 rings (SSSR count). The minimum Gasteiger partial charge on any atom is -0.207 e. The van der Waals surface area contributed by atoms with Crippen molar-refractivity contribution in [2.24, 2.45) is 0 Å². The van der Waals surface area contributed by atoms with Gasteiger partial charge in [0, 0.05) is 9.79 Å². The van der Waals surface area contributed by atoms with E-state index in [1.807, 2.05) is 26.0 Å². The average Bonchev–Trinajstić information content (AvgIpc) is 2.36. The van der Waals surface area contributed by atoms with Crippen LogP contribution in [0.15, 0.2) is 46.2 Å². The van der Waals surface area contributed by atoms with E-state index in [-0.39, 0.29) is 5.82 Å². The molecule has 90 valence electrons. The Kier molecular flexibility index (Phi) is 3.69. The summed E-state index contributed by atoms with van der Waals surface area (Å²) in [4.78, 5) is 1.88. The van der Waals surface area contributed by atoms with Gasteiger partial charge in [-0.3, -0.25) is 0 Å². The van der Waals surface area contributed by atoms with Crippen LogP contribution in [-0.2, 0) is 0 Å². The molecule has 0 atom stereocenters. The highest BCUT2D eigenvalue weighted by atomic mass is 32.2. The standard InChI is InChI=1S/C15H12FNS/c1-10-3-4-11(2)15(7-10)18-14-6-5-13(16)8-12(14)9-17/h3-8H,1-2H3. The lowest BCUT2D eigenvalue weighted by Gasteiger charge is -2.08. The Bertz CT molecular complexity index is 629. The van der Waals surface area contributed by atoms with Crippen LogP contribution >= 0.6 is 11.8 Å². The number of nitriles is 1. The molecule has 0 aliphatic heterocycles. The summed E-state index contributed by atoms with van der Waals surface area (Å²) in [6.45, 7) is 4.05. The number of rotatable bonds is 2. The first-order valence-electron chi connectivity index (χ1n) is 5.55. The van der Waals surface area contributed by atoms with E-state index in [0.717, 1.165) is 15.4 Å². The zero-order chi connectivity index (χ0) is 13.1. The number of nitrogens with zero attached hydrogens (tertiary/aromatic N) is 1. The van der Waals surface area contributed by atoms with Gasteiger partial charge in [-0.05, 0) is 49.2 Å². The van der Waals surface area contributed by atoms with Crippen molar-refractivity contribution in [3.8, 4) is 6.07 Å². The van der Waals surface area contributed by atoms with Crippen molar-refractivity contribution in [3.05, 3.63) is 58.9 Å². The van der Waals surface area contributed by atoms with Crippen LogP contribution in [0, 0.1) is 31.0 Å². The van der Waals surface area contributed by atoms with Gasteiger partial charge < -0.3 is 0 Å². The number of hydrogen-bond donors (Lipinski definition) is 0. The van der Waals surface area contributed by atoms with E-state index in [4.69, 9.17) is 5.26 Å². The molecule has 0 N–H and O–H groups in total. The fourth-order valence-corrected chi connectivity index (χ4v) is 2.68. The van der Waals surface area contributed by atoms with Crippen molar-refractivity contribution in [1.82, 2.24) is 0 Å². The second-order valence-corrected chi connectivity index (χ2v) is 5.21. The van der Waals surface area contributed by atoms with Crippen molar-refractivity contribution in [2.75, 3.05) is 0 Å². The Morgan fingerprint density at radius 2 is 1.83 bits per heavy atom. The van der Waals surface area contributed by atoms with Crippen molar-refractivity contribution in [2.45, 2.75) is 23.6 Å². The fourth-order valence-electron chi connectivity index (χ4n) is 1.61. The molecule has 0 saturated heterocycles. The maximum atomic E-state index is 13.1. The highest BCUT2D eigenvalue weighted by Gasteiger charge is 2.07. The van der Waals surface area contributed by atoms with Gasteiger partial charge in [-0.2, -0.15) is 5.26 Å². The Hall–Kier alpha value is -1.79. The van der Waals surface area contributed by atoms with Crippen molar-refractivity contribution >= 4 is 11.8 Å². The average molecular weight is 257 g/mol. The molecule has 0 saturated carbocycles. The zero-order valence-corrected chi connectivity index (χ0v) is 11.0. The molecule has 18 heavy (non-hydrogen) atoms. The third-order valence-corrected chi connectivity index (χ3v) is 3.86. The number of hydrogen-bond acceptors (Lipinski definition) is 2. The van der Waals surface area contributed by atoms with Crippen LogP contribution in [-0.4, -0.2) is 0 Å². The zero-order valence-electron chi connectivity index (χ0n) is 10.2. The second kappa shape index (κ2) is 5.24. The van der Waals surface area contributed by atoms with Gasteiger partial charge in [-0.15, -0.1) is 0 Å². The van der Waals surface area contributed by atoms with E-state index in [1.54, 1.807) is 6.07 Å². The van der Waals surface area contributed by atoms with Gasteiger partial charge in [0.15, 0.2) is 0 Å². The Morgan fingerprint density at radius 3 is 2.56 bits per heavy atom. The van der Waals surface area contributed by atoms with Gasteiger partial charge in [-0.1, -0.05) is 23.9 Å². The van der Waals surface area contributed by atoms with E-state index in [1.165, 1.54) is 29.5 Å². The van der Waals surface area contributed by atoms with Crippen molar-refractivity contribution < 1.29 is 4.39 Å². The Morgan fingerprint density at radius 1 is 1.06 bits per heavy atom. The van der Waals surface area contributed by atoms with Crippen molar-refractivity contribution in [1.29, 1.82) is 5.26 Å². The molecule has 0 fully saturated rings. The third kappa shape index (κ3) is 2.72. The van der Waals surface area contributed by atoms with Crippen LogP contribution in [0.4, 0.5) is 4.39 Å². The summed E-state index contributed by atoms with van der Waals surface area (Å²) in [7, 11) is 0. The summed E-state index contributed by atoms with van der Waals surface area (Å²) in [5, 5.41) is 9.01. The number of aryl methyl sites for hydroxylation is 2. The van der Waals surface area contributed by atoms with Crippen LogP contribution in [0.3, 0.4) is 0 Å². The third-order valence-electron chi connectivity index (χ3n) is 2.63. The molecule has 0 unspecified atom stereocenters. The first kappa shape index (κ1) is 12.7. The molecule has 2 aromatic carbocycles. The van der Waals surface area contributed by atoms with Crippen LogP contribution in [0.5, 0.6) is 0 Å². The molecule has 0 radical (unpaired) electrons. The predicted octanol–water partition coefficient (Wildman–Crippen LogP) is 4.47. The van der Waals surface area contributed by atoms with E-state index < -0.39 is 0 Å². The van der Waals surface area contributed by atoms with Crippen LogP contribution < -0.4 is 0 Å². The maximum Gasteiger partial charge on any atom is 0.124 e. The smallest absolute Gasteiger partial charge is 0.124 e. The normalized spacial score (nSPS) is 10.1. The second-order valence-electron chi connectivity index (χ2n) is 4.12. The van der Waals surface area contributed by atoms with Gasteiger partial charge >= 0.3 is 0 Å². The summed E-state index contributed by atoms with van der Waals surface area (Å²) in [5.74, 6) is -0.378. The quantitative estimate of drug-likeness (QED) is 0.792. The molecule has 1 nitrogen and oxygen atoms in total. The monoisotopic (exact) mass is 257 g/mol. The number of halogens is 1. The van der Waals surface area contributed by atoms with Gasteiger partial charge in [0.05, 0.1) is 5.56 Å². The van der Waals surface area contributed by atoms with E-state index in [9.17, 15) is 4.39 Å². The van der Waals surface area contributed by atoms with E-state index in [0.29, 0.717) is 5.56 Å². The molecule has 0 amide bonds. The van der Waals surface area contributed by atoms with Gasteiger partial charge in [0.2, 0.25) is 0 Å². The summed E-state index contributed by atoms with van der Waals surface area (Å²) in [6, 6.07) is 12.5. The molecule has 3 heteroatoms. The van der Waals surface area contributed by atoms with Crippen LogP contribution in [0.25, 0.3) is 0 Å². The molecular weight excluding hydrogens is 245 g/mol. The largest absolute Gasteiger partial charge is 0.207 e. The lowest BCUT2D eigenvalue weighted by atomic mass is 10.2. The maximum absolute atomic E-state index is 13.1. The molecule has 0 spiro atoms. The minimum atomic E-state index is -0.378. The van der Waals surface area contributed by atoms with E-state index in [2.05, 4.69) is 12.1 Å². The van der Waals surface area contributed by atoms with Crippen molar-refractivity contribution in [3.63, 3.8) is 0 Å². The van der Waals surface area contributed by atoms with Crippen LogP contribution in [0.2, 0.25) is 0 Å². The summed E-state index contributed by atoms with van der Waals surface area (Å²) < 4.78 is 13.1. The molecular formula is C15H12FNS. The lowest BCUT2D eigenvalue weighted by molar-refractivity contribution is 0.626. The fraction of sp³-hybridized carbons (Fsp3) is 0.133. The predicted molar refractivity (Wildman–Crippen MR) is 71.2 cm³/mol. The van der Waals surface area contributed by atoms with Crippen LogP contribution in [0.1, 0.15) is 16.7 Å². The summed E-state index contributed by atoms with van der Waals surface area (Å²) in [5.41, 5.74) is 2.70. The Balaban J connectivity index is 2.40. The lowest BCUT2D eigenvalue weighted by Crippen LogP contribution is -1.86. The van der Waals surface area contributed by atoms with E-state index >= 15 is 0 Å². The molecule has 0 bridgehead atoms. The molecule has 0 aromatic heterocycles. The summed E-state index contributed by atoms with van der Waals surface area (Å²) in [6.07, 6.45) is 0. The molecule has 0 aliphatic rings. The topological polar surface area (TPSA) is 23.8 Å². The minimum absolute atomic E-state index is 0.376. The molecule has 2 aromatic rings.